The molecule has 9 heteroatoms. The highest BCUT2D eigenvalue weighted by atomic mass is 19.1. The number of likely N-dealkylation sites (N-methyl/N-ethyl adjacent to an activating group) is 2. The number of rotatable bonds is 12. The second-order valence-corrected chi connectivity index (χ2v) is 9.42. The number of allylic oxidation sites excluding steroid dienone is 2. The van der Waals surface area contributed by atoms with Crippen molar-refractivity contribution in [2.24, 2.45) is 4.99 Å². The van der Waals surface area contributed by atoms with E-state index < -0.39 is 0 Å². The van der Waals surface area contributed by atoms with Crippen LogP contribution in [0.5, 0.6) is 0 Å². The lowest BCUT2D eigenvalue weighted by atomic mass is 10.1. The van der Waals surface area contributed by atoms with Crippen LogP contribution in [0.1, 0.15) is 39.0 Å². The number of carbonyl (C=O) groups is 2. The van der Waals surface area contributed by atoms with Gasteiger partial charge in [-0.3, -0.25) is 14.6 Å². The van der Waals surface area contributed by atoms with Crippen molar-refractivity contribution in [2.75, 3.05) is 52.6 Å². The van der Waals surface area contributed by atoms with Crippen molar-refractivity contribution in [3.05, 3.63) is 65.8 Å². The summed E-state index contributed by atoms with van der Waals surface area (Å²) < 4.78 is 13.6. The molecular formula is C30H41FN6O2. The van der Waals surface area contributed by atoms with E-state index in [2.05, 4.69) is 45.8 Å². The average Bonchev–Trinajstić information content (AvgIpc) is 2.87. The largest absolute Gasteiger partial charge is 0.355 e. The highest BCUT2D eigenvalue weighted by Gasteiger charge is 2.11. The van der Waals surface area contributed by atoms with Crippen LogP contribution in [0.25, 0.3) is 0 Å². The molecule has 0 aliphatic carbocycles. The van der Waals surface area contributed by atoms with E-state index >= 15 is 0 Å². The normalized spacial score (nSPS) is 17.1. The minimum absolute atomic E-state index is 0.00608. The molecule has 39 heavy (non-hydrogen) atoms. The summed E-state index contributed by atoms with van der Waals surface area (Å²) in [5.41, 5.74) is 1.47. The van der Waals surface area contributed by atoms with Gasteiger partial charge in [0.25, 0.3) is 0 Å². The average molecular weight is 537 g/mol. The van der Waals surface area contributed by atoms with Crippen LogP contribution in [0.4, 0.5) is 10.1 Å². The first-order valence-electron chi connectivity index (χ1n) is 13.3. The molecule has 210 valence electrons. The second kappa shape index (κ2) is 17.6. The van der Waals surface area contributed by atoms with Crippen LogP contribution in [0.15, 0.2) is 65.0 Å². The molecular weight excluding hydrogens is 495 g/mol. The molecule has 3 N–H and O–H groups in total. The fourth-order valence-electron chi connectivity index (χ4n) is 3.46. The SMILES string of the molecule is CCCN=C1N/C(Nc2cccc(F)c2)=C/CC/C=C\1C#CCCCNC(=O)CN(C)C(=O)/C=C/CN(C)C. The van der Waals surface area contributed by atoms with Crippen LogP contribution < -0.4 is 16.0 Å². The molecule has 1 aromatic carbocycles. The van der Waals surface area contributed by atoms with Gasteiger partial charge in [0.15, 0.2) is 0 Å². The van der Waals surface area contributed by atoms with Crippen LogP contribution in [0.2, 0.25) is 0 Å². The predicted molar refractivity (Wildman–Crippen MR) is 157 cm³/mol. The number of nitrogens with one attached hydrogen (secondary N) is 3. The van der Waals surface area contributed by atoms with E-state index in [0.29, 0.717) is 44.0 Å². The maximum absolute atomic E-state index is 13.6. The first-order chi connectivity index (χ1) is 18.8. The molecule has 0 radical (unpaired) electrons. The van der Waals surface area contributed by atoms with Crippen LogP contribution >= 0.6 is 0 Å². The number of benzene rings is 1. The van der Waals surface area contributed by atoms with Crippen molar-refractivity contribution in [2.45, 2.75) is 39.0 Å². The fraction of sp³-hybridized carbons (Fsp3) is 0.433. The summed E-state index contributed by atoms with van der Waals surface area (Å²) >= 11 is 0. The summed E-state index contributed by atoms with van der Waals surface area (Å²) in [6.07, 6.45) is 11.1. The summed E-state index contributed by atoms with van der Waals surface area (Å²) in [6.45, 7) is 3.86. The molecule has 8 nitrogen and oxygen atoms in total. The Kier molecular flexibility index (Phi) is 14.1. The Labute approximate surface area is 232 Å². The quantitative estimate of drug-likeness (QED) is 0.216. The lowest BCUT2D eigenvalue weighted by Crippen LogP contribution is -2.38. The van der Waals surface area contributed by atoms with Gasteiger partial charge in [0, 0.05) is 44.9 Å². The number of amidine groups is 1. The third kappa shape index (κ3) is 12.9. The zero-order valence-corrected chi connectivity index (χ0v) is 23.5. The number of amides is 2. The van der Waals surface area contributed by atoms with Crippen molar-refractivity contribution in [3.8, 4) is 11.8 Å². The van der Waals surface area contributed by atoms with Gasteiger partial charge >= 0.3 is 0 Å². The third-order valence-electron chi connectivity index (χ3n) is 5.48. The van der Waals surface area contributed by atoms with Crippen LogP contribution in [0.3, 0.4) is 0 Å². The highest BCUT2D eigenvalue weighted by molar-refractivity contribution is 6.03. The minimum Gasteiger partial charge on any atom is -0.355 e. The van der Waals surface area contributed by atoms with Gasteiger partial charge in [-0.15, -0.1) is 0 Å². The zero-order chi connectivity index (χ0) is 28.5. The van der Waals surface area contributed by atoms with Gasteiger partial charge in [0.1, 0.15) is 17.5 Å². The number of hydrogen-bond donors (Lipinski definition) is 3. The Bertz CT molecular complexity index is 1140. The Balaban J connectivity index is 1.85. The van der Waals surface area contributed by atoms with E-state index in [0.717, 1.165) is 30.7 Å². The Morgan fingerprint density at radius 3 is 2.74 bits per heavy atom. The van der Waals surface area contributed by atoms with Crippen LogP contribution in [0, 0.1) is 17.7 Å². The van der Waals surface area contributed by atoms with E-state index in [4.69, 9.17) is 0 Å². The summed E-state index contributed by atoms with van der Waals surface area (Å²) in [4.78, 5) is 32.3. The second-order valence-electron chi connectivity index (χ2n) is 9.42. The molecule has 0 aromatic heterocycles. The highest BCUT2D eigenvalue weighted by Crippen LogP contribution is 2.14. The molecule has 0 spiro atoms. The van der Waals surface area contributed by atoms with E-state index in [1.807, 2.05) is 31.1 Å². The molecule has 1 aromatic rings. The minimum atomic E-state index is -0.303. The van der Waals surface area contributed by atoms with Gasteiger partial charge < -0.3 is 25.8 Å². The van der Waals surface area contributed by atoms with E-state index in [1.165, 1.54) is 23.1 Å². The molecule has 0 saturated carbocycles. The molecule has 2 rings (SSSR count). The molecule has 0 unspecified atom stereocenters. The number of anilines is 1. The molecule has 0 fully saturated rings. The lowest BCUT2D eigenvalue weighted by Gasteiger charge is -2.18. The van der Waals surface area contributed by atoms with Gasteiger partial charge in [0.05, 0.1) is 12.1 Å². The predicted octanol–water partition coefficient (Wildman–Crippen LogP) is 3.67. The number of unbranched alkanes of at least 4 members (excludes halogenated alkanes) is 1. The number of nitrogens with zero attached hydrogens (tertiary/aromatic N) is 3. The first kappa shape index (κ1) is 31.3. The van der Waals surface area contributed by atoms with Crippen LogP contribution in [-0.4, -0.2) is 74.8 Å². The van der Waals surface area contributed by atoms with Gasteiger partial charge in [-0.25, -0.2) is 4.39 Å². The maximum atomic E-state index is 13.6. The summed E-state index contributed by atoms with van der Waals surface area (Å²) in [5.74, 6) is 7.13. The Morgan fingerprint density at radius 1 is 1.21 bits per heavy atom. The van der Waals surface area contributed by atoms with Crippen molar-refractivity contribution in [3.63, 3.8) is 0 Å². The third-order valence-corrected chi connectivity index (χ3v) is 5.48. The molecule has 0 atom stereocenters. The Morgan fingerprint density at radius 2 is 2.00 bits per heavy atom. The van der Waals surface area contributed by atoms with Crippen molar-refractivity contribution in [1.82, 2.24) is 20.4 Å². The summed E-state index contributed by atoms with van der Waals surface area (Å²) in [7, 11) is 5.45. The molecule has 1 aliphatic rings. The molecule has 0 saturated heterocycles. The van der Waals surface area contributed by atoms with E-state index in [9.17, 15) is 14.0 Å². The van der Waals surface area contributed by atoms with Crippen molar-refractivity contribution in [1.29, 1.82) is 0 Å². The smallest absolute Gasteiger partial charge is 0.246 e. The van der Waals surface area contributed by atoms with Crippen LogP contribution in [-0.2, 0) is 9.59 Å². The summed E-state index contributed by atoms with van der Waals surface area (Å²) in [6, 6.07) is 6.32. The number of halogens is 1. The van der Waals surface area contributed by atoms with Gasteiger partial charge in [-0.1, -0.05) is 37.0 Å². The number of carbonyl (C=O) groups excluding carboxylic acids is 2. The monoisotopic (exact) mass is 536 g/mol. The van der Waals surface area contributed by atoms with Gasteiger partial charge in [-0.05, 0) is 64.1 Å². The molecule has 1 aliphatic heterocycles. The fourth-order valence-corrected chi connectivity index (χ4v) is 3.46. The van der Waals surface area contributed by atoms with Crippen molar-refractivity contribution >= 4 is 23.3 Å². The Hall–Kier alpha value is -3.90. The maximum Gasteiger partial charge on any atom is 0.246 e. The summed E-state index contributed by atoms with van der Waals surface area (Å²) in [5, 5.41) is 9.40. The molecule has 2 amide bonds. The van der Waals surface area contributed by atoms with Gasteiger partial charge in [-0.2, -0.15) is 0 Å². The van der Waals surface area contributed by atoms with Crippen molar-refractivity contribution < 1.29 is 14.0 Å². The molecule has 0 bridgehead atoms. The lowest BCUT2D eigenvalue weighted by molar-refractivity contribution is -0.131. The molecule has 1 heterocycles. The van der Waals surface area contributed by atoms with E-state index in [1.54, 1.807) is 19.2 Å². The number of hydrogen-bond acceptors (Lipinski definition) is 5. The topological polar surface area (TPSA) is 89.1 Å². The zero-order valence-electron chi connectivity index (χ0n) is 23.5. The van der Waals surface area contributed by atoms with Gasteiger partial charge in [0.2, 0.25) is 11.8 Å². The standard InChI is InChI=1S/C30H41FN6O2/c1-5-19-33-30-24(14-8-9-17-27(35-30)34-26-16-11-15-25(31)22-26)13-7-6-10-20-32-28(38)23-37(4)29(39)18-12-21-36(2)3/h11-12,14-18,22,34H,5-6,8-10,19-21,23H2,1-4H3,(H,32,38)(H,33,35)/b18-12+,24-14-,27-17+. The first-order valence-corrected chi connectivity index (χ1v) is 13.3. The number of aliphatic imine (C=N–C) groups is 1. The van der Waals surface area contributed by atoms with E-state index in [-0.39, 0.29) is 24.2 Å².